The molecule has 5 heteroatoms. The van der Waals surface area contributed by atoms with Gasteiger partial charge in [-0.1, -0.05) is 35.3 Å². The Balaban J connectivity index is 2.24. The van der Waals surface area contributed by atoms with Crippen LogP contribution in [-0.4, -0.2) is 17.4 Å². The third kappa shape index (κ3) is 3.11. The summed E-state index contributed by atoms with van der Waals surface area (Å²) in [5, 5.41) is 1.24. The zero-order valence-electron chi connectivity index (χ0n) is 10.5. The van der Waals surface area contributed by atoms with Crippen molar-refractivity contribution in [2.45, 2.75) is 13.5 Å². The highest BCUT2D eigenvalue weighted by Crippen LogP contribution is 2.27. The molecule has 100 valence electrons. The molecule has 1 aliphatic heterocycles. The molecule has 0 aliphatic carbocycles. The van der Waals surface area contributed by atoms with Crippen molar-refractivity contribution in [1.82, 2.24) is 4.90 Å². The Morgan fingerprint density at radius 2 is 2.00 bits per heavy atom. The van der Waals surface area contributed by atoms with Crippen LogP contribution in [0.25, 0.3) is 0 Å². The molecule has 1 aromatic carbocycles. The summed E-state index contributed by atoms with van der Waals surface area (Å²) in [6.45, 7) is 3.11. The van der Waals surface area contributed by atoms with Gasteiger partial charge in [-0.3, -0.25) is 4.79 Å². The number of hydrogen-bond acceptors (Lipinski definition) is 2. The highest BCUT2D eigenvalue weighted by atomic mass is 35.5. The van der Waals surface area contributed by atoms with Crippen LogP contribution in [0.5, 0.6) is 0 Å². The average molecular weight is 297 g/mol. The molecule has 0 radical (unpaired) electrons. The van der Waals surface area contributed by atoms with Crippen molar-refractivity contribution in [3.8, 4) is 0 Å². The van der Waals surface area contributed by atoms with Crippen LogP contribution in [-0.2, 0) is 11.3 Å². The maximum atomic E-state index is 11.3. The van der Waals surface area contributed by atoms with Crippen LogP contribution in [0.1, 0.15) is 12.5 Å². The van der Waals surface area contributed by atoms with Crippen LogP contribution in [0, 0.1) is 0 Å². The number of hydrogen-bond donors (Lipinski definition) is 1. The number of amides is 1. The minimum Gasteiger partial charge on any atom is -0.369 e. The van der Waals surface area contributed by atoms with E-state index in [1.165, 1.54) is 0 Å². The monoisotopic (exact) mass is 296 g/mol. The summed E-state index contributed by atoms with van der Waals surface area (Å²) in [5.41, 5.74) is 7.61. The van der Waals surface area contributed by atoms with E-state index in [1.807, 2.05) is 17.9 Å². The molecule has 2 rings (SSSR count). The van der Waals surface area contributed by atoms with E-state index in [0.29, 0.717) is 28.7 Å². The van der Waals surface area contributed by atoms with Crippen molar-refractivity contribution in [3.63, 3.8) is 0 Å². The molecule has 0 aromatic heterocycles. The van der Waals surface area contributed by atoms with Gasteiger partial charge in [0.05, 0.1) is 5.57 Å². The van der Waals surface area contributed by atoms with E-state index in [9.17, 15) is 4.79 Å². The summed E-state index contributed by atoms with van der Waals surface area (Å²) >= 11 is 12.3. The van der Waals surface area contributed by atoms with Crippen molar-refractivity contribution in [1.29, 1.82) is 0 Å². The summed E-state index contributed by atoms with van der Waals surface area (Å²) < 4.78 is 0. The van der Waals surface area contributed by atoms with E-state index in [2.05, 4.69) is 0 Å². The first-order chi connectivity index (χ1) is 8.99. The number of halogens is 2. The highest BCUT2D eigenvalue weighted by molar-refractivity contribution is 6.35. The minimum absolute atomic E-state index is 0.427. The average Bonchev–Trinajstić information content (AvgIpc) is 2.35. The van der Waals surface area contributed by atoms with Crippen molar-refractivity contribution < 1.29 is 4.79 Å². The Morgan fingerprint density at radius 3 is 2.58 bits per heavy atom. The van der Waals surface area contributed by atoms with E-state index in [-0.39, 0.29) is 0 Å². The molecule has 3 nitrogen and oxygen atoms in total. The van der Waals surface area contributed by atoms with E-state index < -0.39 is 5.91 Å². The Bertz CT molecular complexity index is 559. The topological polar surface area (TPSA) is 46.3 Å². The normalized spacial score (nSPS) is 15.0. The SMILES string of the molecule is CC1=CCN(Cc2c(Cl)cccc2Cl)C=C1C(N)=O. The molecule has 1 amide bonds. The number of nitrogens with two attached hydrogens (primary N) is 1. The number of carbonyl (C=O) groups is 1. The maximum absolute atomic E-state index is 11.3. The van der Waals surface area contributed by atoms with Crippen LogP contribution in [0.15, 0.2) is 41.6 Å². The molecule has 0 saturated heterocycles. The zero-order chi connectivity index (χ0) is 14.0. The molecule has 0 spiro atoms. The Hall–Kier alpha value is -1.45. The standard InChI is InChI=1S/C14H14Cl2N2O/c1-9-5-6-18(7-10(9)14(17)19)8-11-12(15)3-2-4-13(11)16/h2-5,7H,6,8H2,1H3,(H2,17,19). The summed E-state index contributed by atoms with van der Waals surface area (Å²) in [6.07, 6.45) is 3.72. The van der Waals surface area contributed by atoms with Crippen molar-refractivity contribution in [2.75, 3.05) is 6.54 Å². The van der Waals surface area contributed by atoms with Gasteiger partial charge in [0, 0.05) is 34.9 Å². The van der Waals surface area contributed by atoms with Gasteiger partial charge in [0.1, 0.15) is 0 Å². The van der Waals surface area contributed by atoms with Crippen LogP contribution >= 0.6 is 23.2 Å². The van der Waals surface area contributed by atoms with E-state index in [0.717, 1.165) is 11.1 Å². The fraction of sp³-hybridized carbons (Fsp3) is 0.214. The molecule has 1 aromatic rings. The molecule has 1 aliphatic rings. The first-order valence-corrected chi connectivity index (χ1v) is 6.60. The lowest BCUT2D eigenvalue weighted by atomic mass is 10.0. The van der Waals surface area contributed by atoms with Crippen LogP contribution in [0.2, 0.25) is 10.0 Å². The van der Waals surface area contributed by atoms with Crippen molar-refractivity contribution >= 4 is 29.1 Å². The van der Waals surface area contributed by atoms with Crippen LogP contribution in [0.3, 0.4) is 0 Å². The maximum Gasteiger partial charge on any atom is 0.250 e. The lowest BCUT2D eigenvalue weighted by Crippen LogP contribution is -2.26. The molecule has 2 N–H and O–H groups in total. The second-order valence-corrected chi connectivity index (χ2v) is 5.24. The molecule has 0 saturated carbocycles. The predicted octanol–water partition coefficient (Wildman–Crippen LogP) is 3.12. The van der Waals surface area contributed by atoms with Crippen molar-refractivity contribution in [3.05, 3.63) is 57.2 Å². The quantitative estimate of drug-likeness (QED) is 0.931. The van der Waals surface area contributed by atoms with Gasteiger partial charge < -0.3 is 10.6 Å². The molecule has 0 bridgehead atoms. The summed E-state index contributed by atoms with van der Waals surface area (Å²) in [4.78, 5) is 13.3. The van der Waals surface area contributed by atoms with Gasteiger partial charge >= 0.3 is 0 Å². The molecule has 0 fully saturated rings. The fourth-order valence-corrected chi connectivity index (χ4v) is 2.47. The summed E-state index contributed by atoms with van der Waals surface area (Å²) in [6, 6.07) is 5.40. The highest BCUT2D eigenvalue weighted by Gasteiger charge is 2.16. The number of nitrogens with zero attached hydrogens (tertiary/aromatic N) is 1. The van der Waals surface area contributed by atoms with Crippen LogP contribution in [0.4, 0.5) is 0 Å². The zero-order valence-corrected chi connectivity index (χ0v) is 12.0. The molecular formula is C14H14Cl2N2O. The molecule has 19 heavy (non-hydrogen) atoms. The lowest BCUT2D eigenvalue weighted by molar-refractivity contribution is -0.114. The Kier molecular flexibility index (Phi) is 4.17. The van der Waals surface area contributed by atoms with Gasteiger partial charge in [0.15, 0.2) is 0 Å². The molecular weight excluding hydrogens is 283 g/mol. The number of benzene rings is 1. The second kappa shape index (κ2) is 5.68. The number of rotatable bonds is 3. The summed E-state index contributed by atoms with van der Waals surface area (Å²) in [5.74, 6) is -0.427. The predicted molar refractivity (Wildman–Crippen MR) is 77.9 cm³/mol. The summed E-state index contributed by atoms with van der Waals surface area (Å²) in [7, 11) is 0. The van der Waals surface area contributed by atoms with Gasteiger partial charge in [-0.2, -0.15) is 0 Å². The van der Waals surface area contributed by atoms with Gasteiger partial charge in [0.2, 0.25) is 5.91 Å². The van der Waals surface area contributed by atoms with E-state index in [4.69, 9.17) is 28.9 Å². The Labute approximate surface area is 122 Å². The largest absolute Gasteiger partial charge is 0.369 e. The molecule has 1 heterocycles. The number of carbonyl (C=O) groups excluding carboxylic acids is 1. The smallest absolute Gasteiger partial charge is 0.250 e. The van der Waals surface area contributed by atoms with E-state index in [1.54, 1.807) is 24.4 Å². The van der Waals surface area contributed by atoms with Gasteiger partial charge in [0.25, 0.3) is 0 Å². The first-order valence-electron chi connectivity index (χ1n) is 5.84. The third-order valence-corrected chi connectivity index (χ3v) is 3.77. The molecule has 0 unspecified atom stereocenters. The second-order valence-electron chi connectivity index (χ2n) is 4.42. The van der Waals surface area contributed by atoms with Crippen molar-refractivity contribution in [2.24, 2.45) is 5.73 Å². The first kappa shape index (κ1) is 14.0. The Morgan fingerprint density at radius 1 is 1.37 bits per heavy atom. The fourth-order valence-electron chi connectivity index (χ4n) is 1.96. The van der Waals surface area contributed by atoms with Gasteiger partial charge in [-0.25, -0.2) is 0 Å². The third-order valence-electron chi connectivity index (χ3n) is 3.06. The van der Waals surface area contributed by atoms with Gasteiger partial charge in [-0.05, 0) is 24.6 Å². The van der Waals surface area contributed by atoms with Gasteiger partial charge in [-0.15, -0.1) is 0 Å². The van der Waals surface area contributed by atoms with Crippen LogP contribution < -0.4 is 5.73 Å². The lowest BCUT2D eigenvalue weighted by Gasteiger charge is -2.25. The minimum atomic E-state index is -0.427. The van der Waals surface area contributed by atoms with E-state index >= 15 is 0 Å². The molecule has 0 atom stereocenters. The number of primary amides is 1.